The summed E-state index contributed by atoms with van der Waals surface area (Å²) in [6, 6.07) is 12.8. The lowest BCUT2D eigenvalue weighted by Gasteiger charge is -2.17. The third-order valence-corrected chi connectivity index (χ3v) is 5.36. The summed E-state index contributed by atoms with van der Waals surface area (Å²) in [6.07, 6.45) is 3.63. The van der Waals surface area contributed by atoms with Gasteiger partial charge in [0.2, 0.25) is 0 Å². The summed E-state index contributed by atoms with van der Waals surface area (Å²) in [4.78, 5) is 16.7. The number of benzene rings is 1. The Labute approximate surface area is 164 Å². The van der Waals surface area contributed by atoms with Crippen LogP contribution < -0.4 is 5.32 Å². The van der Waals surface area contributed by atoms with E-state index in [9.17, 15) is 9.90 Å². The molecular weight excluding hydrogens is 352 g/mol. The van der Waals surface area contributed by atoms with Crippen LogP contribution in [0, 0.1) is 19.3 Å². The normalized spacial score (nSPS) is 14.6. The van der Waals surface area contributed by atoms with E-state index < -0.39 is 0 Å². The molecule has 1 fully saturated rings. The molecule has 1 saturated carbocycles. The van der Waals surface area contributed by atoms with E-state index in [4.69, 9.17) is 0 Å². The zero-order chi connectivity index (χ0) is 19.7. The maximum atomic E-state index is 12.6. The van der Waals surface area contributed by atoms with Gasteiger partial charge in [-0.15, -0.1) is 0 Å². The fourth-order valence-corrected chi connectivity index (χ4v) is 3.44. The predicted octanol–water partition coefficient (Wildman–Crippen LogP) is 3.48. The van der Waals surface area contributed by atoms with Gasteiger partial charge in [-0.2, -0.15) is 5.10 Å². The van der Waals surface area contributed by atoms with Gasteiger partial charge >= 0.3 is 0 Å². The van der Waals surface area contributed by atoms with Crippen LogP contribution in [0.1, 0.15) is 34.6 Å². The summed E-state index contributed by atoms with van der Waals surface area (Å²) in [5, 5.41) is 17.0. The molecule has 144 valence electrons. The van der Waals surface area contributed by atoms with Crippen molar-refractivity contribution in [3.05, 3.63) is 65.6 Å². The first-order chi connectivity index (χ1) is 13.4. The Bertz CT molecular complexity index is 986. The van der Waals surface area contributed by atoms with E-state index in [0.717, 1.165) is 42.0 Å². The molecular formula is C22H24N4O2. The minimum Gasteiger partial charge on any atom is -0.506 e. The SMILES string of the molecule is Cc1cc(C)n(CC2(CNC(=O)c3ccc(-c4ccc(O)cn4)cc3)CC2)n1. The predicted molar refractivity (Wildman–Crippen MR) is 107 cm³/mol. The lowest BCUT2D eigenvalue weighted by atomic mass is 10.1. The molecule has 0 saturated heterocycles. The second-order valence-electron chi connectivity index (χ2n) is 7.75. The summed E-state index contributed by atoms with van der Waals surface area (Å²) < 4.78 is 2.05. The third-order valence-electron chi connectivity index (χ3n) is 5.36. The highest BCUT2D eigenvalue weighted by atomic mass is 16.3. The van der Waals surface area contributed by atoms with Crippen LogP contribution in [0.15, 0.2) is 48.7 Å². The molecule has 1 aliphatic rings. The smallest absolute Gasteiger partial charge is 0.251 e. The number of hydrogen-bond acceptors (Lipinski definition) is 4. The monoisotopic (exact) mass is 376 g/mol. The van der Waals surface area contributed by atoms with Gasteiger partial charge < -0.3 is 10.4 Å². The highest BCUT2D eigenvalue weighted by molar-refractivity contribution is 5.94. The molecule has 1 amide bonds. The fraction of sp³-hybridized carbons (Fsp3) is 0.318. The van der Waals surface area contributed by atoms with E-state index in [2.05, 4.69) is 28.4 Å². The molecule has 0 bridgehead atoms. The molecule has 6 nitrogen and oxygen atoms in total. The third kappa shape index (κ3) is 3.91. The number of amides is 1. The van der Waals surface area contributed by atoms with Crippen LogP contribution in [-0.2, 0) is 6.54 Å². The minimum atomic E-state index is -0.0649. The number of rotatable bonds is 6. The topological polar surface area (TPSA) is 80.0 Å². The highest BCUT2D eigenvalue weighted by Gasteiger charge is 2.43. The highest BCUT2D eigenvalue weighted by Crippen LogP contribution is 2.46. The Balaban J connectivity index is 1.37. The summed E-state index contributed by atoms with van der Waals surface area (Å²) >= 11 is 0. The summed E-state index contributed by atoms with van der Waals surface area (Å²) in [7, 11) is 0. The number of carbonyl (C=O) groups is 1. The van der Waals surface area contributed by atoms with E-state index in [1.54, 1.807) is 24.3 Å². The molecule has 28 heavy (non-hydrogen) atoms. The van der Waals surface area contributed by atoms with Crippen LogP contribution in [0.3, 0.4) is 0 Å². The van der Waals surface area contributed by atoms with Gasteiger partial charge in [0, 0.05) is 35.3 Å². The maximum Gasteiger partial charge on any atom is 0.251 e. The average Bonchev–Trinajstić information content (AvgIpc) is 3.38. The van der Waals surface area contributed by atoms with Crippen molar-refractivity contribution in [2.45, 2.75) is 33.2 Å². The van der Waals surface area contributed by atoms with Crippen LogP contribution in [0.5, 0.6) is 5.75 Å². The standard InChI is InChI=1S/C22H24N4O2/c1-15-11-16(2)26(25-15)14-22(9-10-22)13-24-21(28)18-5-3-17(4-6-18)20-8-7-19(27)12-23-20/h3-8,11-12,27H,9-10,13-14H2,1-2H3,(H,24,28). The number of nitrogens with zero attached hydrogens (tertiary/aromatic N) is 3. The Morgan fingerprint density at radius 3 is 2.50 bits per heavy atom. The second-order valence-corrected chi connectivity index (χ2v) is 7.75. The van der Waals surface area contributed by atoms with Crippen molar-refractivity contribution in [1.82, 2.24) is 20.1 Å². The van der Waals surface area contributed by atoms with E-state index in [-0.39, 0.29) is 17.1 Å². The van der Waals surface area contributed by atoms with Crippen molar-refractivity contribution >= 4 is 5.91 Å². The molecule has 0 unspecified atom stereocenters. The van der Waals surface area contributed by atoms with E-state index in [0.29, 0.717) is 12.1 Å². The Morgan fingerprint density at radius 2 is 1.93 bits per heavy atom. The zero-order valence-corrected chi connectivity index (χ0v) is 16.1. The van der Waals surface area contributed by atoms with Gasteiger partial charge in [-0.3, -0.25) is 14.5 Å². The molecule has 3 aromatic rings. The largest absolute Gasteiger partial charge is 0.506 e. The maximum absolute atomic E-state index is 12.6. The van der Waals surface area contributed by atoms with E-state index in [1.165, 1.54) is 6.20 Å². The van der Waals surface area contributed by atoms with Crippen LogP contribution in [0.2, 0.25) is 0 Å². The Hall–Kier alpha value is -3.15. The van der Waals surface area contributed by atoms with Gasteiger partial charge in [-0.1, -0.05) is 12.1 Å². The van der Waals surface area contributed by atoms with Crippen molar-refractivity contribution < 1.29 is 9.90 Å². The Morgan fingerprint density at radius 1 is 1.18 bits per heavy atom. The number of carbonyl (C=O) groups excluding carboxylic acids is 1. The number of aryl methyl sites for hydroxylation is 2. The van der Waals surface area contributed by atoms with Crippen molar-refractivity contribution in [3.8, 4) is 17.0 Å². The van der Waals surface area contributed by atoms with Crippen molar-refractivity contribution in [3.63, 3.8) is 0 Å². The van der Waals surface area contributed by atoms with Crippen LogP contribution >= 0.6 is 0 Å². The number of aromatic nitrogens is 3. The number of hydrogen-bond donors (Lipinski definition) is 2. The van der Waals surface area contributed by atoms with E-state index in [1.807, 2.05) is 23.7 Å². The lowest BCUT2D eigenvalue weighted by Crippen LogP contribution is -2.32. The van der Waals surface area contributed by atoms with Crippen molar-refractivity contribution in [2.75, 3.05) is 6.54 Å². The molecule has 0 spiro atoms. The number of pyridine rings is 1. The molecule has 1 aromatic carbocycles. The first-order valence-corrected chi connectivity index (χ1v) is 9.49. The van der Waals surface area contributed by atoms with Gasteiger partial charge in [-0.05, 0) is 57.0 Å². The van der Waals surface area contributed by atoms with Gasteiger partial charge in [0.1, 0.15) is 5.75 Å². The molecule has 4 rings (SSSR count). The number of aromatic hydroxyl groups is 1. The van der Waals surface area contributed by atoms with Gasteiger partial charge in [0.25, 0.3) is 5.91 Å². The van der Waals surface area contributed by atoms with Gasteiger partial charge in [0.05, 0.1) is 17.6 Å². The van der Waals surface area contributed by atoms with Crippen LogP contribution in [0.25, 0.3) is 11.3 Å². The lowest BCUT2D eigenvalue weighted by molar-refractivity contribution is 0.0942. The van der Waals surface area contributed by atoms with Crippen molar-refractivity contribution in [2.24, 2.45) is 5.41 Å². The number of nitrogens with one attached hydrogen (secondary N) is 1. The molecule has 0 radical (unpaired) electrons. The zero-order valence-electron chi connectivity index (χ0n) is 16.1. The Kier molecular flexibility index (Phi) is 4.63. The van der Waals surface area contributed by atoms with Gasteiger partial charge in [-0.25, -0.2) is 0 Å². The molecule has 0 atom stereocenters. The summed E-state index contributed by atoms with van der Waals surface area (Å²) in [6.45, 7) is 5.57. The van der Waals surface area contributed by atoms with Crippen LogP contribution in [-0.4, -0.2) is 32.3 Å². The molecule has 0 aliphatic heterocycles. The first-order valence-electron chi connectivity index (χ1n) is 9.49. The van der Waals surface area contributed by atoms with Crippen molar-refractivity contribution in [1.29, 1.82) is 0 Å². The fourth-order valence-electron chi connectivity index (χ4n) is 3.44. The quantitative estimate of drug-likeness (QED) is 0.690. The van der Waals surface area contributed by atoms with E-state index >= 15 is 0 Å². The molecule has 2 heterocycles. The summed E-state index contributed by atoms with van der Waals surface area (Å²) in [5.41, 5.74) is 4.60. The second kappa shape index (κ2) is 7.11. The molecule has 1 aliphatic carbocycles. The molecule has 2 N–H and O–H groups in total. The average molecular weight is 376 g/mol. The minimum absolute atomic E-state index is 0.0649. The molecule has 6 heteroatoms. The summed E-state index contributed by atoms with van der Waals surface area (Å²) in [5.74, 6) is 0.0686. The van der Waals surface area contributed by atoms with Gasteiger partial charge in [0.15, 0.2) is 0 Å². The first kappa shape index (κ1) is 18.2. The van der Waals surface area contributed by atoms with Crippen LogP contribution in [0.4, 0.5) is 0 Å². The molecule has 2 aromatic heterocycles.